The van der Waals surface area contributed by atoms with Crippen LogP contribution in [0.15, 0.2) is 29.9 Å². The van der Waals surface area contributed by atoms with E-state index in [1.54, 1.807) is 28.3 Å². The van der Waals surface area contributed by atoms with Gasteiger partial charge in [0.15, 0.2) is 0 Å². The van der Waals surface area contributed by atoms with E-state index in [0.717, 1.165) is 10.7 Å². The molecule has 0 aliphatic carbocycles. The second-order valence-electron chi connectivity index (χ2n) is 3.34. The number of hydrogen-bond acceptors (Lipinski definition) is 3. The molecule has 4 nitrogen and oxygen atoms in total. The Balaban J connectivity index is 2.10. The molecule has 0 saturated carbocycles. The molecule has 0 atom stereocenters. The maximum atomic E-state index is 11.5. The van der Waals surface area contributed by atoms with Crippen LogP contribution in [0.5, 0.6) is 0 Å². The van der Waals surface area contributed by atoms with Gasteiger partial charge in [-0.05, 0) is 11.4 Å². The number of carbonyl (C=O) groups excluding carboxylic acids is 1. The minimum Gasteiger partial charge on any atom is -0.344 e. The Kier molecular flexibility index (Phi) is 3.58. The summed E-state index contributed by atoms with van der Waals surface area (Å²) in [5.41, 5.74) is 0. The second kappa shape index (κ2) is 5.32. The Morgan fingerprint density at radius 1 is 1.65 bits per heavy atom. The van der Waals surface area contributed by atoms with Gasteiger partial charge in [-0.15, -0.1) is 17.8 Å². The number of thiophene rings is 1. The summed E-state index contributed by atoms with van der Waals surface area (Å²) in [7, 11) is 0. The first kappa shape index (κ1) is 11.4. The van der Waals surface area contributed by atoms with Crippen LogP contribution in [0.3, 0.4) is 0 Å². The first-order chi connectivity index (χ1) is 8.31. The fraction of sp³-hybridized carbons (Fsp3) is 0.167. The fourth-order valence-corrected chi connectivity index (χ4v) is 2.16. The van der Waals surface area contributed by atoms with E-state index in [1.165, 1.54) is 0 Å². The molecule has 2 aromatic rings. The van der Waals surface area contributed by atoms with Crippen molar-refractivity contribution < 1.29 is 4.79 Å². The third-order valence-corrected chi connectivity index (χ3v) is 3.02. The summed E-state index contributed by atoms with van der Waals surface area (Å²) in [6.45, 7) is 0.483. The molecule has 0 saturated heterocycles. The van der Waals surface area contributed by atoms with Crippen molar-refractivity contribution in [3.8, 4) is 23.0 Å². The van der Waals surface area contributed by atoms with Crippen LogP contribution in [0.25, 0.3) is 10.7 Å². The standard InChI is InChI=1S/C12H11N3OS/c1-2-5-13-11(16)9-15-7-6-14-12(15)10-4-3-8-17-10/h1,3-4,6-8H,5,9H2,(H,13,16). The molecule has 0 radical (unpaired) electrons. The quantitative estimate of drug-likeness (QED) is 0.827. The predicted molar refractivity (Wildman–Crippen MR) is 67.4 cm³/mol. The molecule has 0 aliphatic heterocycles. The predicted octanol–water partition coefficient (Wildman–Crippen LogP) is 1.36. The van der Waals surface area contributed by atoms with Gasteiger partial charge in [-0.25, -0.2) is 4.98 Å². The molecule has 0 bridgehead atoms. The molecule has 0 unspecified atom stereocenters. The summed E-state index contributed by atoms with van der Waals surface area (Å²) in [5, 5.41) is 4.60. The average Bonchev–Trinajstić information content (AvgIpc) is 2.95. The molecule has 0 spiro atoms. The van der Waals surface area contributed by atoms with E-state index in [4.69, 9.17) is 6.42 Å². The number of hydrogen-bond donors (Lipinski definition) is 1. The molecule has 1 N–H and O–H groups in total. The van der Waals surface area contributed by atoms with E-state index >= 15 is 0 Å². The number of aromatic nitrogens is 2. The Morgan fingerprint density at radius 2 is 2.53 bits per heavy atom. The van der Waals surface area contributed by atoms with Crippen LogP contribution in [0.2, 0.25) is 0 Å². The molecule has 0 fully saturated rings. The lowest BCUT2D eigenvalue weighted by molar-refractivity contribution is -0.121. The van der Waals surface area contributed by atoms with E-state index in [-0.39, 0.29) is 19.0 Å². The smallest absolute Gasteiger partial charge is 0.240 e. The number of nitrogens with one attached hydrogen (secondary N) is 1. The Labute approximate surface area is 103 Å². The van der Waals surface area contributed by atoms with Gasteiger partial charge in [0.2, 0.25) is 5.91 Å². The van der Waals surface area contributed by atoms with Crippen molar-refractivity contribution in [2.45, 2.75) is 6.54 Å². The maximum Gasteiger partial charge on any atom is 0.240 e. The molecular weight excluding hydrogens is 234 g/mol. The summed E-state index contributed by atoms with van der Waals surface area (Å²) in [5.74, 6) is 3.06. The lowest BCUT2D eigenvalue weighted by Crippen LogP contribution is -2.27. The second-order valence-corrected chi connectivity index (χ2v) is 4.28. The van der Waals surface area contributed by atoms with Crippen molar-refractivity contribution in [1.29, 1.82) is 0 Å². The lowest BCUT2D eigenvalue weighted by atomic mass is 10.4. The molecule has 0 aliphatic rings. The monoisotopic (exact) mass is 245 g/mol. The first-order valence-electron chi connectivity index (χ1n) is 5.06. The molecule has 1 amide bonds. The highest BCUT2D eigenvalue weighted by atomic mass is 32.1. The van der Waals surface area contributed by atoms with Crippen molar-refractivity contribution in [2.75, 3.05) is 6.54 Å². The Hall–Kier alpha value is -2.06. The molecule has 5 heteroatoms. The van der Waals surface area contributed by atoms with Crippen molar-refractivity contribution in [1.82, 2.24) is 14.9 Å². The van der Waals surface area contributed by atoms with Gasteiger partial charge in [0.05, 0.1) is 11.4 Å². The van der Waals surface area contributed by atoms with Gasteiger partial charge in [0.25, 0.3) is 0 Å². The van der Waals surface area contributed by atoms with Crippen molar-refractivity contribution >= 4 is 17.2 Å². The minimum atomic E-state index is -0.112. The number of amides is 1. The zero-order valence-electron chi connectivity index (χ0n) is 9.09. The molecule has 2 heterocycles. The van der Waals surface area contributed by atoms with Gasteiger partial charge < -0.3 is 9.88 Å². The van der Waals surface area contributed by atoms with Crippen LogP contribution in [-0.2, 0) is 11.3 Å². The SMILES string of the molecule is C#CCNC(=O)Cn1ccnc1-c1cccs1. The van der Waals surface area contributed by atoms with Crippen molar-refractivity contribution in [2.24, 2.45) is 0 Å². The van der Waals surface area contributed by atoms with Crippen LogP contribution < -0.4 is 5.32 Å². The van der Waals surface area contributed by atoms with E-state index in [2.05, 4.69) is 16.2 Å². The van der Waals surface area contributed by atoms with Crippen LogP contribution in [0, 0.1) is 12.3 Å². The largest absolute Gasteiger partial charge is 0.344 e. The fourth-order valence-electron chi connectivity index (χ4n) is 1.43. The van der Waals surface area contributed by atoms with Crippen LogP contribution in [0.4, 0.5) is 0 Å². The molecular formula is C12H11N3OS. The summed E-state index contributed by atoms with van der Waals surface area (Å²) < 4.78 is 1.80. The number of imidazole rings is 1. The van der Waals surface area contributed by atoms with Crippen LogP contribution in [-0.4, -0.2) is 22.0 Å². The van der Waals surface area contributed by atoms with E-state index in [1.807, 2.05) is 17.5 Å². The summed E-state index contributed by atoms with van der Waals surface area (Å²) >= 11 is 1.59. The van der Waals surface area contributed by atoms with E-state index in [9.17, 15) is 4.79 Å². The minimum absolute atomic E-state index is 0.112. The average molecular weight is 245 g/mol. The molecule has 86 valence electrons. The third-order valence-electron chi connectivity index (χ3n) is 2.16. The normalized spacial score (nSPS) is 9.82. The van der Waals surface area contributed by atoms with Gasteiger partial charge in [-0.3, -0.25) is 4.79 Å². The number of carbonyl (C=O) groups is 1. The Morgan fingerprint density at radius 3 is 3.24 bits per heavy atom. The van der Waals surface area contributed by atoms with E-state index < -0.39 is 0 Å². The Bertz CT molecular complexity index is 536. The number of rotatable bonds is 4. The van der Waals surface area contributed by atoms with Crippen molar-refractivity contribution in [3.05, 3.63) is 29.9 Å². The van der Waals surface area contributed by atoms with E-state index in [0.29, 0.717) is 0 Å². The highest BCUT2D eigenvalue weighted by Crippen LogP contribution is 2.22. The molecule has 0 aromatic carbocycles. The van der Waals surface area contributed by atoms with Gasteiger partial charge >= 0.3 is 0 Å². The van der Waals surface area contributed by atoms with Crippen LogP contribution >= 0.6 is 11.3 Å². The highest BCUT2D eigenvalue weighted by molar-refractivity contribution is 7.13. The lowest BCUT2D eigenvalue weighted by Gasteiger charge is -2.05. The maximum absolute atomic E-state index is 11.5. The zero-order valence-corrected chi connectivity index (χ0v) is 9.91. The van der Waals surface area contributed by atoms with Crippen LogP contribution in [0.1, 0.15) is 0 Å². The highest BCUT2D eigenvalue weighted by Gasteiger charge is 2.09. The molecule has 17 heavy (non-hydrogen) atoms. The third kappa shape index (κ3) is 2.74. The number of nitrogens with zero attached hydrogens (tertiary/aromatic N) is 2. The van der Waals surface area contributed by atoms with Gasteiger partial charge in [0.1, 0.15) is 12.4 Å². The van der Waals surface area contributed by atoms with Crippen molar-refractivity contribution in [3.63, 3.8) is 0 Å². The molecule has 2 rings (SSSR count). The topological polar surface area (TPSA) is 46.9 Å². The summed E-state index contributed by atoms with van der Waals surface area (Å²) in [4.78, 5) is 16.8. The zero-order chi connectivity index (χ0) is 12.1. The van der Waals surface area contributed by atoms with Gasteiger partial charge in [-0.1, -0.05) is 12.0 Å². The van der Waals surface area contributed by atoms with Gasteiger partial charge in [0, 0.05) is 12.4 Å². The molecule has 2 aromatic heterocycles. The van der Waals surface area contributed by atoms with Gasteiger partial charge in [-0.2, -0.15) is 0 Å². The first-order valence-corrected chi connectivity index (χ1v) is 5.94. The summed E-state index contributed by atoms with van der Waals surface area (Å²) in [6.07, 6.45) is 8.54. The summed E-state index contributed by atoms with van der Waals surface area (Å²) in [6, 6.07) is 3.93. The number of terminal acetylenes is 1.